The maximum Gasteiger partial charge on any atom is 0.327 e. The third-order valence-electron chi connectivity index (χ3n) is 2.39. The van der Waals surface area contributed by atoms with Crippen molar-refractivity contribution in [3.8, 4) is 0 Å². The van der Waals surface area contributed by atoms with Crippen LogP contribution in [0.25, 0.3) is 0 Å². The summed E-state index contributed by atoms with van der Waals surface area (Å²) in [6, 6.07) is 3.53. The highest BCUT2D eigenvalue weighted by Crippen LogP contribution is 2.30. The van der Waals surface area contributed by atoms with E-state index in [1.54, 1.807) is 19.1 Å². The molecule has 0 saturated carbocycles. The zero-order valence-corrected chi connectivity index (χ0v) is 11.8. The molecule has 0 radical (unpaired) electrons. The minimum Gasteiger partial charge on any atom is -0.480 e. The van der Waals surface area contributed by atoms with Crippen molar-refractivity contribution in [2.24, 2.45) is 0 Å². The molecule has 1 unspecified atom stereocenters. The summed E-state index contributed by atoms with van der Waals surface area (Å²) in [6.45, 7) is 3.01. The average molecular weight is 298 g/mol. The van der Waals surface area contributed by atoms with Crippen molar-refractivity contribution in [3.05, 3.63) is 33.9 Å². The minimum absolute atomic E-state index is 0.0131. The highest BCUT2D eigenvalue weighted by atomic mass is 32.2. The Morgan fingerprint density at radius 1 is 1.50 bits per heavy atom. The Morgan fingerprint density at radius 2 is 2.15 bits per heavy atom. The summed E-state index contributed by atoms with van der Waals surface area (Å²) in [7, 11) is 0. The van der Waals surface area contributed by atoms with Crippen LogP contribution in [0.4, 0.5) is 5.69 Å². The normalized spacial score (nSPS) is 11.7. The summed E-state index contributed by atoms with van der Waals surface area (Å²) < 4.78 is 0. The maximum atomic E-state index is 11.0. The van der Waals surface area contributed by atoms with Gasteiger partial charge in [0.2, 0.25) is 5.91 Å². The highest BCUT2D eigenvalue weighted by molar-refractivity contribution is 7.99. The van der Waals surface area contributed by atoms with Crippen LogP contribution in [0.3, 0.4) is 0 Å². The van der Waals surface area contributed by atoms with Crippen LogP contribution in [0.5, 0.6) is 0 Å². The molecule has 0 saturated heterocycles. The number of nitro benzene ring substituents is 1. The number of carbonyl (C=O) groups is 2. The molecule has 0 aromatic heterocycles. The summed E-state index contributed by atoms with van der Waals surface area (Å²) >= 11 is 1.03. The number of thioether (sulfide) groups is 1. The van der Waals surface area contributed by atoms with E-state index in [2.05, 4.69) is 5.32 Å². The molecule has 0 aliphatic heterocycles. The van der Waals surface area contributed by atoms with Gasteiger partial charge in [0, 0.05) is 18.7 Å². The van der Waals surface area contributed by atoms with Crippen molar-refractivity contribution < 1.29 is 19.6 Å². The summed E-state index contributed by atoms with van der Waals surface area (Å²) in [5, 5.41) is 22.2. The van der Waals surface area contributed by atoms with Gasteiger partial charge in [0.15, 0.2) is 0 Å². The Labute approximate surface area is 119 Å². The Balaban J connectivity index is 2.87. The molecule has 0 bridgehead atoms. The number of nitro groups is 1. The van der Waals surface area contributed by atoms with E-state index >= 15 is 0 Å². The third kappa shape index (κ3) is 4.54. The molecular formula is C12H14N2O5S. The number of carboxylic acids is 1. The fourth-order valence-corrected chi connectivity index (χ4v) is 2.61. The van der Waals surface area contributed by atoms with Gasteiger partial charge in [-0.3, -0.25) is 14.9 Å². The fraction of sp³-hybridized carbons (Fsp3) is 0.333. The van der Waals surface area contributed by atoms with Crippen LogP contribution in [0.15, 0.2) is 23.1 Å². The first kappa shape index (κ1) is 16.0. The van der Waals surface area contributed by atoms with Gasteiger partial charge in [0.25, 0.3) is 5.69 Å². The number of aliphatic carboxylic acids is 1. The van der Waals surface area contributed by atoms with Gasteiger partial charge in [-0.25, -0.2) is 4.79 Å². The molecule has 0 heterocycles. The summed E-state index contributed by atoms with van der Waals surface area (Å²) in [5.41, 5.74) is 0.761. The molecular weight excluding hydrogens is 284 g/mol. The first-order valence-electron chi connectivity index (χ1n) is 5.69. The second-order valence-corrected chi connectivity index (χ2v) is 5.19. The van der Waals surface area contributed by atoms with Gasteiger partial charge in [0.05, 0.1) is 9.82 Å². The molecule has 1 aromatic carbocycles. The third-order valence-corrected chi connectivity index (χ3v) is 3.53. The maximum absolute atomic E-state index is 11.0. The van der Waals surface area contributed by atoms with Crippen LogP contribution in [-0.4, -0.2) is 33.7 Å². The molecule has 1 rings (SSSR count). The zero-order valence-electron chi connectivity index (χ0n) is 11.0. The number of rotatable bonds is 6. The van der Waals surface area contributed by atoms with E-state index in [0.29, 0.717) is 4.90 Å². The van der Waals surface area contributed by atoms with Crippen LogP contribution in [0.1, 0.15) is 12.5 Å². The molecule has 0 fully saturated rings. The van der Waals surface area contributed by atoms with E-state index in [4.69, 9.17) is 5.11 Å². The standard InChI is InChI=1S/C12H14N2O5S/c1-7-3-4-10(14(18)19)11(5-7)20-6-9(12(16)17)13-8(2)15/h3-5,9H,6H2,1-2H3,(H,13,15)(H,16,17). The molecule has 1 atom stereocenters. The fourth-order valence-electron chi connectivity index (χ4n) is 1.48. The molecule has 8 heteroatoms. The van der Waals surface area contributed by atoms with Crippen molar-refractivity contribution in [3.63, 3.8) is 0 Å². The van der Waals surface area contributed by atoms with E-state index in [-0.39, 0.29) is 11.4 Å². The van der Waals surface area contributed by atoms with Crippen LogP contribution in [0.2, 0.25) is 0 Å². The van der Waals surface area contributed by atoms with Gasteiger partial charge in [-0.1, -0.05) is 6.07 Å². The van der Waals surface area contributed by atoms with Crippen LogP contribution in [0, 0.1) is 17.0 Å². The Kier molecular flexibility index (Phi) is 5.51. The lowest BCUT2D eigenvalue weighted by Crippen LogP contribution is -2.41. The number of nitrogens with zero attached hydrogens (tertiary/aromatic N) is 1. The number of hydrogen-bond acceptors (Lipinski definition) is 5. The van der Waals surface area contributed by atoms with Crippen molar-refractivity contribution in [1.29, 1.82) is 0 Å². The van der Waals surface area contributed by atoms with Crippen molar-refractivity contribution >= 4 is 29.3 Å². The van der Waals surface area contributed by atoms with Gasteiger partial charge in [-0.05, 0) is 18.6 Å². The Morgan fingerprint density at radius 3 is 2.65 bits per heavy atom. The van der Waals surface area contributed by atoms with E-state index in [0.717, 1.165) is 17.3 Å². The van der Waals surface area contributed by atoms with E-state index < -0.39 is 22.8 Å². The molecule has 0 aliphatic rings. The van der Waals surface area contributed by atoms with Gasteiger partial charge in [-0.2, -0.15) is 0 Å². The number of benzene rings is 1. The van der Waals surface area contributed by atoms with Crippen LogP contribution >= 0.6 is 11.8 Å². The van der Waals surface area contributed by atoms with Gasteiger partial charge in [-0.15, -0.1) is 11.8 Å². The lowest BCUT2D eigenvalue weighted by atomic mass is 10.2. The van der Waals surface area contributed by atoms with E-state index in [1.807, 2.05) is 0 Å². The summed E-state index contributed by atoms with van der Waals surface area (Å²) in [5.74, 6) is -1.63. The number of carboxylic acid groups (broad SMARTS) is 1. The molecule has 2 N–H and O–H groups in total. The molecule has 1 amide bonds. The van der Waals surface area contributed by atoms with Crippen molar-refractivity contribution in [2.75, 3.05) is 5.75 Å². The minimum atomic E-state index is -1.18. The van der Waals surface area contributed by atoms with Crippen molar-refractivity contribution in [2.45, 2.75) is 24.8 Å². The van der Waals surface area contributed by atoms with E-state index in [1.165, 1.54) is 13.0 Å². The van der Waals surface area contributed by atoms with Gasteiger partial charge in [0.1, 0.15) is 6.04 Å². The summed E-state index contributed by atoms with van der Waals surface area (Å²) in [6.07, 6.45) is 0. The van der Waals surface area contributed by atoms with Crippen molar-refractivity contribution in [1.82, 2.24) is 5.32 Å². The smallest absolute Gasteiger partial charge is 0.327 e. The molecule has 20 heavy (non-hydrogen) atoms. The predicted molar refractivity (Wildman–Crippen MR) is 73.8 cm³/mol. The quantitative estimate of drug-likeness (QED) is 0.469. The lowest BCUT2D eigenvalue weighted by molar-refractivity contribution is -0.387. The van der Waals surface area contributed by atoms with E-state index in [9.17, 15) is 19.7 Å². The zero-order chi connectivity index (χ0) is 15.3. The number of carbonyl (C=O) groups excluding carboxylic acids is 1. The predicted octanol–water partition coefficient (Wildman–Crippen LogP) is 1.58. The number of aryl methyl sites for hydroxylation is 1. The Hall–Kier alpha value is -2.09. The number of hydrogen-bond donors (Lipinski definition) is 2. The lowest BCUT2D eigenvalue weighted by Gasteiger charge is -2.12. The highest BCUT2D eigenvalue weighted by Gasteiger charge is 2.21. The molecule has 108 valence electrons. The second kappa shape index (κ2) is 6.90. The average Bonchev–Trinajstić information content (AvgIpc) is 2.33. The number of amides is 1. The van der Waals surface area contributed by atoms with Gasteiger partial charge >= 0.3 is 5.97 Å². The monoisotopic (exact) mass is 298 g/mol. The SMILES string of the molecule is CC(=O)NC(CSc1cc(C)ccc1[N+](=O)[O-])C(=O)O. The van der Waals surface area contributed by atoms with Crippen LogP contribution in [-0.2, 0) is 9.59 Å². The second-order valence-electron chi connectivity index (χ2n) is 4.13. The first-order chi connectivity index (χ1) is 9.31. The van der Waals surface area contributed by atoms with Crippen LogP contribution < -0.4 is 5.32 Å². The molecule has 0 aliphatic carbocycles. The molecule has 1 aromatic rings. The summed E-state index contributed by atoms with van der Waals surface area (Å²) in [4.78, 5) is 32.6. The Bertz CT molecular complexity index is 547. The molecule has 7 nitrogen and oxygen atoms in total. The number of nitrogens with one attached hydrogen (secondary N) is 1. The van der Waals surface area contributed by atoms with Gasteiger partial charge < -0.3 is 10.4 Å². The molecule has 0 spiro atoms. The largest absolute Gasteiger partial charge is 0.480 e. The first-order valence-corrected chi connectivity index (χ1v) is 6.67. The topological polar surface area (TPSA) is 110 Å².